The van der Waals surface area contributed by atoms with Crippen molar-refractivity contribution < 1.29 is 19.1 Å². The number of nitrogens with zero attached hydrogens (tertiary/aromatic N) is 1. The molecule has 1 aliphatic rings. The topological polar surface area (TPSA) is 93.9 Å². The quantitative estimate of drug-likeness (QED) is 0.689. The molecule has 2 amide bonds. The number of nitrogens with two attached hydrogens (primary N) is 1. The van der Waals surface area contributed by atoms with E-state index in [-0.39, 0.29) is 24.2 Å². The molecule has 7 heteroatoms. The third-order valence-electron chi connectivity index (χ3n) is 4.10. The first-order chi connectivity index (χ1) is 11.6. The number of amides is 2. The van der Waals surface area contributed by atoms with Crippen LogP contribution >= 0.6 is 0 Å². The largest absolute Gasteiger partial charge is 0.497 e. The summed E-state index contributed by atoms with van der Waals surface area (Å²) in [5, 5.41) is 2.87. The van der Waals surface area contributed by atoms with Gasteiger partial charge < -0.3 is 25.4 Å². The summed E-state index contributed by atoms with van der Waals surface area (Å²) in [4.78, 5) is 26.1. The van der Waals surface area contributed by atoms with Crippen molar-refractivity contribution in [1.82, 2.24) is 5.32 Å². The average molecular weight is 335 g/mol. The zero-order valence-electron chi connectivity index (χ0n) is 14.2. The van der Waals surface area contributed by atoms with Crippen LogP contribution in [0.15, 0.2) is 18.2 Å². The molecule has 0 bridgehead atoms. The van der Waals surface area contributed by atoms with E-state index in [1.54, 1.807) is 37.3 Å². The van der Waals surface area contributed by atoms with Crippen molar-refractivity contribution in [2.75, 3.05) is 38.8 Å². The summed E-state index contributed by atoms with van der Waals surface area (Å²) in [7, 11) is 3.11. The Morgan fingerprint density at radius 1 is 1.33 bits per heavy atom. The van der Waals surface area contributed by atoms with E-state index in [1.165, 1.54) is 0 Å². The van der Waals surface area contributed by atoms with E-state index < -0.39 is 0 Å². The number of hydrogen-bond acceptors (Lipinski definition) is 5. The number of anilines is 1. The fraction of sp³-hybridized carbons (Fsp3) is 0.529. The standard InChI is InChI=1S/C17H25N3O4/c1-23-13-5-6-14(15(10-13)24-2)20-11-12(9-16(20)21)17(22)19-8-4-3-7-18/h5-6,10,12H,3-4,7-9,11,18H2,1-2H3,(H,19,22). The molecule has 1 atom stereocenters. The van der Waals surface area contributed by atoms with Crippen LogP contribution in [-0.2, 0) is 9.59 Å². The monoisotopic (exact) mass is 335 g/mol. The highest BCUT2D eigenvalue weighted by Gasteiger charge is 2.36. The molecule has 0 spiro atoms. The summed E-state index contributed by atoms with van der Waals surface area (Å²) < 4.78 is 10.5. The van der Waals surface area contributed by atoms with Gasteiger partial charge in [-0.1, -0.05) is 0 Å². The molecule has 7 nitrogen and oxygen atoms in total. The van der Waals surface area contributed by atoms with Crippen molar-refractivity contribution in [3.63, 3.8) is 0 Å². The lowest BCUT2D eigenvalue weighted by molar-refractivity contribution is -0.126. The van der Waals surface area contributed by atoms with Gasteiger partial charge in [-0.15, -0.1) is 0 Å². The predicted octanol–water partition coefficient (Wildman–Crippen LogP) is 0.912. The zero-order valence-corrected chi connectivity index (χ0v) is 14.2. The summed E-state index contributed by atoms with van der Waals surface area (Å²) in [5.41, 5.74) is 6.09. The zero-order chi connectivity index (χ0) is 17.5. The Hall–Kier alpha value is -2.28. The van der Waals surface area contributed by atoms with Crippen LogP contribution in [0.4, 0.5) is 5.69 Å². The van der Waals surface area contributed by atoms with E-state index in [9.17, 15) is 9.59 Å². The van der Waals surface area contributed by atoms with E-state index >= 15 is 0 Å². The summed E-state index contributed by atoms with van der Waals surface area (Å²) in [6.45, 7) is 1.56. The molecule has 0 radical (unpaired) electrons. The minimum atomic E-state index is -0.345. The molecule has 1 fully saturated rings. The normalized spacial score (nSPS) is 17.0. The smallest absolute Gasteiger partial charge is 0.227 e. The molecule has 0 saturated carbocycles. The summed E-state index contributed by atoms with van der Waals surface area (Å²) in [6.07, 6.45) is 1.93. The van der Waals surface area contributed by atoms with Gasteiger partial charge in [-0.3, -0.25) is 9.59 Å². The second kappa shape index (κ2) is 8.54. The number of rotatable bonds is 8. The van der Waals surface area contributed by atoms with Gasteiger partial charge in [0.25, 0.3) is 0 Å². The Kier molecular flexibility index (Phi) is 6.43. The van der Waals surface area contributed by atoms with E-state index in [0.29, 0.717) is 36.8 Å². The number of benzene rings is 1. The molecule has 1 saturated heterocycles. The van der Waals surface area contributed by atoms with Crippen LogP contribution in [0.5, 0.6) is 11.5 Å². The van der Waals surface area contributed by atoms with Crippen LogP contribution in [0.2, 0.25) is 0 Å². The number of ether oxygens (including phenoxy) is 2. The molecule has 0 aromatic heterocycles. The summed E-state index contributed by atoms with van der Waals surface area (Å²) in [6, 6.07) is 5.27. The van der Waals surface area contributed by atoms with Crippen molar-refractivity contribution in [3.05, 3.63) is 18.2 Å². The van der Waals surface area contributed by atoms with Crippen LogP contribution < -0.4 is 25.4 Å². The highest BCUT2D eigenvalue weighted by Crippen LogP contribution is 2.35. The molecule has 1 aliphatic heterocycles. The fourth-order valence-corrected chi connectivity index (χ4v) is 2.75. The third-order valence-corrected chi connectivity index (χ3v) is 4.10. The summed E-state index contributed by atoms with van der Waals surface area (Å²) >= 11 is 0. The number of methoxy groups -OCH3 is 2. The molecule has 1 unspecified atom stereocenters. The van der Waals surface area contributed by atoms with Gasteiger partial charge >= 0.3 is 0 Å². The molecule has 1 heterocycles. The van der Waals surface area contributed by atoms with Gasteiger partial charge in [-0.25, -0.2) is 0 Å². The van der Waals surface area contributed by atoms with Crippen molar-refractivity contribution in [1.29, 1.82) is 0 Å². The molecule has 1 aromatic carbocycles. The number of carbonyl (C=O) groups is 2. The average Bonchev–Trinajstić information content (AvgIpc) is 2.99. The van der Waals surface area contributed by atoms with Gasteiger partial charge in [-0.05, 0) is 31.5 Å². The predicted molar refractivity (Wildman–Crippen MR) is 91.3 cm³/mol. The Bertz CT molecular complexity index is 591. The number of carbonyl (C=O) groups excluding carboxylic acids is 2. The SMILES string of the molecule is COc1ccc(N2CC(C(=O)NCCCCN)CC2=O)c(OC)c1. The molecule has 1 aromatic rings. The lowest BCUT2D eigenvalue weighted by Crippen LogP contribution is -2.33. The second-order valence-electron chi connectivity index (χ2n) is 5.73. The van der Waals surface area contributed by atoms with E-state index in [0.717, 1.165) is 12.8 Å². The number of unbranched alkanes of at least 4 members (excludes halogenated alkanes) is 1. The van der Waals surface area contributed by atoms with Gasteiger partial charge in [0.15, 0.2) is 0 Å². The van der Waals surface area contributed by atoms with Crippen LogP contribution in [0.25, 0.3) is 0 Å². The van der Waals surface area contributed by atoms with Crippen molar-refractivity contribution >= 4 is 17.5 Å². The number of hydrogen-bond donors (Lipinski definition) is 2. The second-order valence-corrected chi connectivity index (χ2v) is 5.73. The maximum absolute atomic E-state index is 12.3. The Balaban J connectivity index is 2.03. The van der Waals surface area contributed by atoms with Crippen molar-refractivity contribution in [2.45, 2.75) is 19.3 Å². The first kappa shape index (κ1) is 18.1. The van der Waals surface area contributed by atoms with Crippen LogP contribution in [0.1, 0.15) is 19.3 Å². The van der Waals surface area contributed by atoms with Gasteiger partial charge in [-0.2, -0.15) is 0 Å². The van der Waals surface area contributed by atoms with Gasteiger partial charge in [0.1, 0.15) is 11.5 Å². The Labute approximate surface area is 142 Å². The molecule has 0 aliphatic carbocycles. The molecule has 132 valence electrons. The van der Waals surface area contributed by atoms with E-state index in [2.05, 4.69) is 5.32 Å². The minimum Gasteiger partial charge on any atom is -0.497 e. The molecule has 3 N–H and O–H groups in total. The maximum Gasteiger partial charge on any atom is 0.227 e. The number of nitrogens with one attached hydrogen (secondary N) is 1. The van der Waals surface area contributed by atoms with Gasteiger partial charge in [0.05, 0.1) is 25.8 Å². The fourth-order valence-electron chi connectivity index (χ4n) is 2.75. The highest BCUT2D eigenvalue weighted by atomic mass is 16.5. The van der Waals surface area contributed by atoms with E-state index in [1.807, 2.05) is 0 Å². The minimum absolute atomic E-state index is 0.0828. The third kappa shape index (κ3) is 4.17. The highest BCUT2D eigenvalue weighted by molar-refractivity contribution is 6.01. The molecular formula is C17H25N3O4. The first-order valence-corrected chi connectivity index (χ1v) is 8.10. The lowest BCUT2D eigenvalue weighted by Gasteiger charge is -2.20. The van der Waals surface area contributed by atoms with Crippen LogP contribution in [-0.4, -0.2) is 45.7 Å². The Morgan fingerprint density at radius 3 is 2.79 bits per heavy atom. The Morgan fingerprint density at radius 2 is 2.12 bits per heavy atom. The maximum atomic E-state index is 12.3. The molecular weight excluding hydrogens is 310 g/mol. The van der Waals surface area contributed by atoms with Gasteiger partial charge in [0.2, 0.25) is 11.8 Å². The van der Waals surface area contributed by atoms with Gasteiger partial charge in [0, 0.05) is 25.6 Å². The van der Waals surface area contributed by atoms with Crippen molar-refractivity contribution in [3.8, 4) is 11.5 Å². The van der Waals surface area contributed by atoms with Crippen LogP contribution in [0.3, 0.4) is 0 Å². The summed E-state index contributed by atoms with van der Waals surface area (Å²) in [5.74, 6) is 0.682. The lowest BCUT2D eigenvalue weighted by atomic mass is 10.1. The van der Waals surface area contributed by atoms with E-state index in [4.69, 9.17) is 15.2 Å². The molecule has 24 heavy (non-hydrogen) atoms. The van der Waals surface area contributed by atoms with Crippen molar-refractivity contribution in [2.24, 2.45) is 11.7 Å². The molecule has 2 rings (SSSR count). The first-order valence-electron chi connectivity index (χ1n) is 8.10. The van der Waals surface area contributed by atoms with Crippen LogP contribution in [0, 0.1) is 5.92 Å².